The minimum Gasteiger partial charge on any atom is -0.319 e. The number of anilines is 1. The summed E-state index contributed by atoms with van der Waals surface area (Å²) in [5, 5.41) is 1.64. The average Bonchev–Trinajstić information content (AvgIpc) is 3.11. The van der Waals surface area contributed by atoms with Gasteiger partial charge in [-0.15, -0.1) is 0 Å². The number of nitrogens with zero attached hydrogens (tertiary/aromatic N) is 2. The molecule has 3 rings (SSSR count). The molecule has 0 aliphatic rings. The molecular formula is C18H9Cl2F6N3O. The van der Waals surface area contributed by atoms with E-state index in [0.717, 1.165) is 16.7 Å². The van der Waals surface area contributed by atoms with E-state index in [1.807, 2.05) is 0 Å². The number of carbonyl (C=O) groups is 1. The van der Waals surface area contributed by atoms with Gasteiger partial charge in [-0.3, -0.25) is 9.36 Å². The number of hydrogen-bond acceptors (Lipinski definition) is 2. The fourth-order valence-corrected chi connectivity index (χ4v) is 2.98. The number of amides is 1. The zero-order valence-electron chi connectivity index (χ0n) is 14.4. The molecule has 158 valence electrons. The van der Waals surface area contributed by atoms with Gasteiger partial charge in [-0.25, -0.2) is 4.98 Å². The van der Waals surface area contributed by atoms with E-state index >= 15 is 0 Å². The number of pyridine rings is 1. The van der Waals surface area contributed by atoms with Crippen LogP contribution in [0.5, 0.6) is 0 Å². The van der Waals surface area contributed by atoms with Crippen molar-refractivity contribution < 1.29 is 31.1 Å². The van der Waals surface area contributed by atoms with Gasteiger partial charge in [0.15, 0.2) is 5.82 Å². The molecule has 0 spiro atoms. The van der Waals surface area contributed by atoms with Gasteiger partial charge in [-0.1, -0.05) is 23.2 Å². The van der Waals surface area contributed by atoms with Gasteiger partial charge in [-0.05, 0) is 36.4 Å². The third-order valence-electron chi connectivity index (χ3n) is 3.90. The summed E-state index contributed by atoms with van der Waals surface area (Å²) in [7, 11) is 0. The fourth-order valence-electron chi connectivity index (χ4n) is 2.49. The topological polar surface area (TPSA) is 46.9 Å². The van der Waals surface area contributed by atoms with Gasteiger partial charge in [0, 0.05) is 12.4 Å². The molecule has 0 bridgehead atoms. The van der Waals surface area contributed by atoms with Gasteiger partial charge in [0.05, 0.1) is 26.9 Å². The Balaban J connectivity index is 1.90. The van der Waals surface area contributed by atoms with Crippen LogP contribution < -0.4 is 5.32 Å². The first-order valence-corrected chi connectivity index (χ1v) is 8.72. The largest absolute Gasteiger partial charge is 0.417 e. The summed E-state index contributed by atoms with van der Waals surface area (Å²) in [5.74, 6) is -0.933. The first kappa shape index (κ1) is 22.0. The van der Waals surface area contributed by atoms with Gasteiger partial charge < -0.3 is 5.32 Å². The van der Waals surface area contributed by atoms with Gasteiger partial charge >= 0.3 is 12.4 Å². The predicted octanol–water partition coefficient (Wildman–Crippen LogP) is 6.47. The smallest absolute Gasteiger partial charge is 0.319 e. The van der Waals surface area contributed by atoms with E-state index in [0.29, 0.717) is 18.3 Å². The number of aromatic nitrogens is 2. The lowest BCUT2D eigenvalue weighted by molar-refractivity contribution is -0.138. The highest BCUT2D eigenvalue weighted by Crippen LogP contribution is 2.34. The monoisotopic (exact) mass is 467 g/mol. The molecule has 0 aliphatic carbocycles. The molecule has 3 aromatic rings. The van der Waals surface area contributed by atoms with Crippen LogP contribution in [-0.4, -0.2) is 15.5 Å². The number of nitrogens with one attached hydrogen (secondary N) is 1. The van der Waals surface area contributed by atoms with Crippen LogP contribution in [0, 0.1) is 0 Å². The van der Waals surface area contributed by atoms with Crippen LogP contribution in [0.15, 0.2) is 48.8 Å². The Morgan fingerprint density at radius 2 is 1.57 bits per heavy atom. The third kappa shape index (κ3) is 4.54. The Morgan fingerprint density at radius 1 is 0.933 bits per heavy atom. The van der Waals surface area contributed by atoms with Gasteiger partial charge in [-0.2, -0.15) is 26.3 Å². The predicted molar refractivity (Wildman–Crippen MR) is 98.0 cm³/mol. The zero-order valence-corrected chi connectivity index (χ0v) is 16.0. The van der Waals surface area contributed by atoms with Crippen molar-refractivity contribution in [2.45, 2.75) is 12.4 Å². The molecule has 1 amide bonds. The summed E-state index contributed by atoms with van der Waals surface area (Å²) in [4.78, 5) is 16.3. The molecule has 0 unspecified atom stereocenters. The highest BCUT2D eigenvalue weighted by Gasteiger charge is 2.32. The van der Waals surface area contributed by atoms with Crippen LogP contribution in [0.1, 0.15) is 21.6 Å². The molecule has 0 atom stereocenters. The van der Waals surface area contributed by atoms with Crippen LogP contribution in [0.4, 0.5) is 32.0 Å². The van der Waals surface area contributed by atoms with E-state index in [4.69, 9.17) is 23.2 Å². The number of benzene rings is 1. The third-order valence-corrected chi connectivity index (χ3v) is 4.49. The maximum Gasteiger partial charge on any atom is 0.417 e. The van der Waals surface area contributed by atoms with Crippen LogP contribution in [0.2, 0.25) is 10.0 Å². The summed E-state index contributed by atoms with van der Waals surface area (Å²) in [6, 6.07) is 5.79. The van der Waals surface area contributed by atoms with E-state index in [-0.39, 0.29) is 27.2 Å². The zero-order chi connectivity index (χ0) is 22.3. The Kier molecular flexibility index (Phi) is 5.74. The van der Waals surface area contributed by atoms with Gasteiger partial charge in [0.1, 0.15) is 5.69 Å². The van der Waals surface area contributed by atoms with Crippen molar-refractivity contribution in [1.29, 1.82) is 0 Å². The van der Waals surface area contributed by atoms with E-state index in [1.54, 1.807) is 0 Å². The van der Waals surface area contributed by atoms with E-state index in [2.05, 4.69) is 10.3 Å². The summed E-state index contributed by atoms with van der Waals surface area (Å²) in [6.07, 6.45) is -7.35. The summed E-state index contributed by atoms with van der Waals surface area (Å²) in [5.41, 5.74) is -2.23. The molecule has 1 N–H and O–H groups in total. The summed E-state index contributed by atoms with van der Waals surface area (Å²) in [6.45, 7) is 0. The Bertz CT molecular complexity index is 1110. The quantitative estimate of drug-likeness (QED) is 0.448. The minimum atomic E-state index is -4.65. The highest BCUT2D eigenvalue weighted by molar-refractivity contribution is 6.34. The minimum absolute atomic E-state index is 0.0832. The Hall–Kier alpha value is -2.72. The lowest BCUT2D eigenvalue weighted by Gasteiger charge is -2.14. The molecule has 2 aromatic heterocycles. The second-order valence-electron chi connectivity index (χ2n) is 5.94. The second kappa shape index (κ2) is 7.84. The maximum absolute atomic E-state index is 12.8. The lowest BCUT2D eigenvalue weighted by Crippen LogP contribution is -2.17. The van der Waals surface area contributed by atoms with Crippen molar-refractivity contribution in [2.24, 2.45) is 0 Å². The van der Waals surface area contributed by atoms with Crippen molar-refractivity contribution in [3.05, 3.63) is 75.7 Å². The molecule has 12 heteroatoms. The summed E-state index contributed by atoms with van der Waals surface area (Å²) >= 11 is 11.7. The van der Waals surface area contributed by atoms with E-state index in [9.17, 15) is 31.1 Å². The van der Waals surface area contributed by atoms with E-state index < -0.39 is 29.4 Å². The molecule has 0 aliphatic heterocycles. The number of hydrogen-bond donors (Lipinski definition) is 1. The highest BCUT2D eigenvalue weighted by atomic mass is 35.5. The van der Waals surface area contributed by atoms with E-state index in [1.165, 1.54) is 18.3 Å². The number of halogens is 8. The van der Waals surface area contributed by atoms with Gasteiger partial charge in [0.25, 0.3) is 5.91 Å². The number of carbonyl (C=O) groups excluding carboxylic acids is 1. The lowest BCUT2D eigenvalue weighted by atomic mass is 10.2. The molecule has 30 heavy (non-hydrogen) atoms. The van der Waals surface area contributed by atoms with Crippen LogP contribution in [0.3, 0.4) is 0 Å². The molecule has 0 saturated carbocycles. The normalized spacial score (nSPS) is 12.1. The van der Waals surface area contributed by atoms with Crippen molar-refractivity contribution in [3.63, 3.8) is 0 Å². The van der Waals surface area contributed by atoms with Crippen molar-refractivity contribution in [2.75, 3.05) is 5.32 Å². The SMILES string of the molecule is O=C(Nc1ccc(C(F)(F)F)cc1Cl)c1cccn1-c1ncc(C(F)(F)F)cc1Cl. The molecule has 0 fully saturated rings. The Labute approximate surface area is 175 Å². The van der Waals surface area contributed by atoms with Crippen molar-refractivity contribution in [3.8, 4) is 5.82 Å². The molecule has 1 aromatic carbocycles. The fraction of sp³-hybridized carbons (Fsp3) is 0.111. The first-order chi connectivity index (χ1) is 13.9. The maximum atomic E-state index is 12.8. The standard InChI is InChI=1S/C18H9Cl2F6N3O/c19-11-6-9(17(21,22)23)3-4-13(11)28-16(30)14-2-1-5-29(14)15-12(20)7-10(8-27-15)18(24,25)26/h1-8H,(H,28,30). The molecular weight excluding hydrogens is 459 g/mol. The van der Waals surface area contributed by atoms with Crippen LogP contribution in [0.25, 0.3) is 5.82 Å². The second-order valence-corrected chi connectivity index (χ2v) is 6.75. The molecule has 0 saturated heterocycles. The molecule has 0 radical (unpaired) electrons. The first-order valence-electron chi connectivity index (χ1n) is 7.96. The molecule has 4 nitrogen and oxygen atoms in total. The molecule has 2 heterocycles. The van der Waals surface area contributed by atoms with Crippen molar-refractivity contribution >= 4 is 34.8 Å². The van der Waals surface area contributed by atoms with Crippen molar-refractivity contribution in [1.82, 2.24) is 9.55 Å². The van der Waals surface area contributed by atoms with Gasteiger partial charge in [0.2, 0.25) is 0 Å². The van der Waals surface area contributed by atoms with Crippen LogP contribution >= 0.6 is 23.2 Å². The Morgan fingerprint density at radius 3 is 2.13 bits per heavy atom. The average molecular weight is 468 g/mol. The number of alkyl halides is 6. The summed E-state index contributed by atoms with van der Waals surface area (Å²) < 4.78 is 77.7. The number of rotatable bonds is 3. The van der Waals surface area contributed by atoms with Crippen LogP contribution in [-0.2, 0) is 12.4 Å².